The highest BCUT2D eigenvalue weighted by atomic mass is 79.9. The molecule has 0 saturated carbocycles. The maximum atomic E-state index is 11.3. The molecule has 1 aromatic heterocycles. The van der Waals surface area contributed by atoms with E-state index in [4.69, 9.17) is 4.74 Å². The molecule has 0 aliphatic carbocycles. The van der Waals surface area contributed by atoms with E-state index in [1.54, 1.807) is 36.7 Å². The van der Waals surface area contributed by atoms with Gasteiger partial charge in [0.1, 0.15) is 5.75 Å². The van der Waals surface area contributed by atoms with Gasteiger partial charge in [-0.15, -0.1) is 11.3 Å². The number of esters is 1. The summed E-state index contributed by atoms with van der Waals surface area (Å²) in [6.07, 6.45) is 1.76. The van der Waals surface area contributed by atoms with E-state index in [0.29, 0.717) is 21.9 Å². The first-order valence-electron chi connectivity index (χ1n) is 6.46. The predicted octanol–water partition coefficient (Wildman–Crippen LogP) is 3.16. The molecule has 0 saturated heterocycles. The standard InChI is InChI=1S/C14H14BrN3O3S/c1-2-21-13(20)6-10-8-22-14(17-10)18-16-7-9-3-4-12(19)11(15)5-9/h3-5,7-8,19H,2,6H2,1H3,(H,17,18)/b16-7-. The van der Waals surface area contributed by atoms with Crippen LogP contribution in [0.25, 0.3) is 0 Å². The molecule has 0 aliphatic heterocycles. The van der Waals surface area contributed by atoms with E-state index in [9.17, 15) is 9.90 Å². The van der Waals surface area contributed by atoms with Crippen LogP contribution >= 0.6 is 27.3 Å². The molecule has 1 aromatic carbocycles. The third-order valence-corrected chi connectivity index (χ3v) is 3.96. The monoisotopic (exact) mass is 383 g/mol. The zero-order valence-corrected chi connectivity index (χ0v) is 14.1. The number of rotatable bonds is 6. The number of nitrogens with one attached hydrogen (secondary N) is 1. The molecule has 0 fully saturated rings. The normalized spacial score (nSPS) is 10.8. The number of aromatic hydroxyl groups is 1. The molecule has 0 spiro atoms. The van der Waals surface area contributed by atoms with E-state index in [-0.39, 0.29) is 18.1 Å². The van der Waals surface area contributed by atoms with Crippen molar-refractivity contribution in [1.29, 1.82) is 0 Å². The smallest absolute Gasteiger partial charge is 0.311 e. The van der Waals surface area contributed by atoms with E-state index < -0.39 is 0 Å². The summed E-state index contributed by atoms with van der Waals surface area (Å²) < 4.78 is 5.47. The molecule has 0 atom stereocenters. The quantitative estimate of drug-likeness (QED) is 0.454. The zero-order valence-electron chi connectivity index (χ0n) is 11.7. The Morgan fingerprint density at radius 3 is 3.14 bits per heavy atom. The molecule has 0 bridgehead atoms. The highest BCUT2D eigenvalue weighted by Crippen LogP contribution is 2.23. The van der Waals surface area contributed by atoms with E-state index in [1.807, 2.05) is 0 Å². The number of carbonyl (C=O) groups excluding carboxylic acids is 1. The molecular weight excluding hydrogens is 370 g/mol. The van der Waals surface area contributed by atoms with E-state index in [2.05, 4.69) is 31.4 Å². The largest absolute Gasteiger partial charge is 0.507 e. The summed E-state index contributed by atoms with van der Waals surface area (Å²) in [4.78, 5) is 15.6. The predicted molar refractivity (Wildman–Crippen MR) is 89.5 cm³/mol. The van der Waals surface area contributed by atoms with E-state index >= 15 is 0 Å². The van der Waals surface area contributed by atoms with Crippen molar-refractivity contribution in [1.82, 2.24) is 4.98 Å². The molecule has 116 valence electrons. The Morgan fingerprint density at radius 1 is 1.59 bits per heavy atom. The lowest BCUT2D eigenvalue weighted by atomic mass is 10.2. The van der Waals surface area contributed by atoms with Crippen LogP contribution in [0.1, 0.15) is 18.2 Å². The second-order valence-electron chi connectivity index (χ2n) is 4.21. The molecule has 2 aromatic rings. The number of hydrogen-bond acceptors (Lipinski definition) is 7. The minimum absolute atomic E-state index is 0.153. The minimum Gasteiger partial charge on any atom is -0.507 e. The highest BCUT2D eigenvalue weighted by molar-refractivity contribution is 9.10. The third-order valence-electron chi connectivity index (χ3n) is 2.53. The molecule has 8 heteroatoms. The maximum absolute atomic E-state index is 11.3. The van der Waals surface area contributed by atoms with Crippen LogP contribution in [0, 0.1) is 0 Å². The lowest BCUT2D eigenvalue weighted by Gasteiger charge is -1.99. The van der Waals surface area contributed by atoms with Gasteiger partial charge in [0.05, 0.1) is 29.4 Å². The van der Waals surface area contributed by atoms with Crippen LogP contribution in [0.5, 0.6) is 5.75 Å². The first kappa shape index (κ1) is 16.4. The van der Waals surface area contributed by atoms with Crippen molar-refractivity contribution in [3.05, 3.63) is 39.3 Å². The molecular formula is C14H14BrN3O3S. The first-order chi connectivity index (χ1) is 10.6. The van der Waals surface area contributed by atoms with Crippen molar-refractivity contribution in [3.63, 3.8) is 0 Å². The van der Waals surface area contributed by atoms with Gasteiger partial charge in [-0.3, -0.25) is 10.2 Å². The van der Waals surface area contributed by atoms with Gasteiger partial charge in [0.2, 0.25) is 5.13 Å². The number of hydrazone groups is 1. The number of ether oxygens (including phenoxy) is 1. The Morgan fingerprint density at radius 2 is 2.41 bits per heavy atom. The number of nitrogens with zero attached hydrogens (tertiary/aromatic N) is 2. The fraction of sp³-hybridized carbons (Fsp3) is 0.214. The summed E-state index contributed by atoms with van der Waals surface area (Å²) >= 11 is 4.59. The minimum atomic E-state index is -0.295. The summed E-state index contributed by atoms with van der Waals surface area (Å²) in [6.45, 7) is 2.13. The number of phenols is 1. The number of anilines is 1. The number of halogens is 1. The lowest BCUT2D eigenvalue weighted by molar-refractivity contribution is -0.142. The summed E-state index contributed by atoms with van der Waals surface area (Å²) in [5.41, 5.74) is 4.27. The van der Waals surface area contributed by atoms with Gasteiger partial charge in [-0.2, -0.15) is 5.10 Å². The van der Waals surface area contributed by atoms with Crippen LogP contribution < -0.4 is 5.43 Å². The molecule has 0 unspecified atom stereocenters. The number of carbonyl (C=O) groups is 1. The third kappa shape index (κ3) is 4.81. The van der Waals surface area contributed by atoms with Crippen molar-refractivity contribution < 1.29 is 14.6 Å². The zero-order chi connectivity index (χ0) is 15.9. The maximum Gasteiger partial charge on any atom is 0.311 e. The Kier molecular flexibility index (Phi) is 5.91. The molecule has 0 radical (unpaired) electrons. The van der Waals surface area contributed by atoms with Crippen molar-refractivity contribution >= 4 is 44.6 Å². The van der Waals surface area contributed by atoms with Gasteiger partial charge >= 0.3 is 5.97 Å². The average Bonchev–Trinajstić information content (AvgIpc) is 2.90. The van der Waals surface area contributed by atoms with Crippen LogP contribution in [0.2, 0.25) is 0 Å². The fourth-order valence-corrected chi connectivity index (χ4v) is 2.62. The molecule has 2 N–H and O–H groups in total. The molecule has 0 amide bonds. The van der Waals surface area contributed by atoms with Gasteiger partial charge in [-0.05, 0) is 46.6 Å². The van der Waals surface area contributed by atoms with Crippen molar-refractivity contribution in [2.24, 2.45) is 5.10 Å². The van der Waals surface area contributed by atoms with Crippen LogP contribution in [0.15, 0.2) is 33.2 Å². The van der Waals surface area contributed by atoms with Gasteiger partial charge in [-0.25, -0.2) is 4.98 Å². The van der Waals surface area contributed by atoms with Crippen molar-refractivity contribution in [2.45, 2.75) is 13.3 Å². The second kappa shape index (κ2) is 7.90. The van der Waals surface area contributed by atoms with Crippen molar-refractivity contribution in [3.8, 4) is 5.75 Å². The van der Waals surface area contributed by atoms with Gasteiger partial charge in [0.25, 0.3) is 0 Å². The van der Waals surface area contributed by atoms with Gasteiger partial charge < -0.3 is 9.84 Å². The number of hydrogen-bond donors (Lipinski definition) is 2. The number of benzene rings is 1. The van der Waals surface area contributed by atoms with Gasteiger partial charge in [0.15, 0.2) is 0 Å². The summed E-state index contributed by atoms with van der Waals surface area (Å²) in [5.74, 6) is -0.120. The number of aromatic nitrogens is 1. The van der Waals surface area contributed by atoms with Crippen LogP contribution in [0.3, 0.4) is 0 Å². The Bertz CT molecular complexity index is 688. The number of thiazole rings is 1. The van der Waals surface area contributed by atoms with E-state index in [0.717, 1.165) is 5.56 Å². The lowest BCUT2D eigenvalue weighted by Crippen LogP contribution is -2.07. The molecule has 1 heterocycles. The Labute approximate surface area is 140 Å². The Hall–Kier alpha value is -1.93. The molecule has 2 rings (SSSR count). The van der Waals surface area contributed by atoms with E-state index in [1.165, 1.54) is 11.3 Å². The van der Waals surface area contributed by atoms with Crippen molar-refractivity contribution in [2.75, 3.05) is 12.0 Å². The summed E-state index contributed by atoms with van der Waals surface area (Å²) in [7, 11) is 0. The molecule has 22 heavy (non-hydrogen) atoms. The SMILES string of the molecule is CCOC(=O)Cc1csc(N/N=C\c2ccc(O)c(Br)c2)n1. The second-order valence-corrected chi connectivity index (χ2v) is 5.92. The summed E-state index contributed by atoms with van der Waals surface area (Å²) in [5, 5.41) is 15.8. The first-order valence-corrected chi connectivity index (χ1v) is 8.13. The average molecular weight is 384 g/mol. The molecule has 6 nitrogen and oxygen atoms in total. The molecule has 0 aliphatic rings. The number of phenolic OH excluding ortho intramolecular Hbond substituents is 1. The topological polar surface area (TPSA) is 83.8 Å². The summed E-state index contributed by atoms with van der Waals surface area (Å²) in [6, 6.07) is 5.06. The highest BCUT2D eigenvalue weighted by Gasteiger charge is 2.07. The Balaban J connectivity index is 1.91. The van der Waals surface area contributed by atoms with Crippen LogP contribution in [-0.4, -0.2) is 28.9 Å². The fourth-order valence-electron chi connectivity index (χ4n) is 1.56. The van der Waals surface area contributed by atoms with Crippen LogP contribution in [-0.2, 0) is 16.0 Å². The van der Waals surface area contributed by atoms with Gasteiger partial charge in [-0.1, -0.05) is 0 Å². The van der Waals surface area contributed by atoms with Crippen LogP contribution in [0.4, 0.5) is 5.13 Å². The van der Waals surface area contributed by atoms with Gasteiger partial charge in [0, 0.05) is 5.38 Å².